The molecule has 0 spiro atoms. The number of hydrogen-bond acceptors (Lipinski definition) is 8. The fourth-order valence-electron chi connectivity index (χ4n) is 3.12. The molecule has 1 aliphatic rings. The molecule has 0 radical (unpaired) electrons. The van der Waals surface area contributed by atoms with Gasteiger partial charge in [0, 0.05) is 36.9 Å². The lowest BCUT2D eigenvalue weighted by Gasteiger charge is -2.29. The molecule has 29 heavy (non-hydrogen) atoms. The Morgan fingerprint density at radius 1 is 1.21 bits per heavy atom. The van der Waals surface area contributed by atoms with E-state index in [-0.39, 0.29) is 17.0 Å². The van der Waals surface area contributed by atoms with Crippen LogP contribution in [-0.2, 0) is 14.6 Å². The van der Waals surface area contributed by atoms with Gasteiger partial charge in [0.1, 0.15) is 11.5 Å². The molecule has 1 fully saturated rings. The lowest BCUT2D eigenvalue weighted by molar-refractivity contribution is -0.127. The van der Waals surface area contributed by atoms with Gasteiger partial charge in [-0.2, -0.15) is 0 Å². The molecular weight excluding hydrogens is 398 g/mol. The van der Waals surface area contributed by atoms with E-state index in [0.29, 0.717) is 43.3 Å². The minimum atomic E-state index is -3.52. The molecule has 1 aliphatic heterocycles. The van der Waals surface area contributed by atoms with Crippen LogP contribution >= 0.6 is 0 Å². The molecule has 1 saturated heterocycles. The molecule has 0 N–H and O–H groups in total. The van der Waals surface area contributed by atoms with E-state index in [0.717, 1.165) is 11.8 Å². The first-order chi connectivity index (χ1) is 13.8. The van der Waals surface area contributed by atoms with Crippen molar-refractivity contribution in [2.24, 2.45) is 0 Å². The Balaban J connectivity index is 1.62. The number of carbonyl (C=O) groups excluding carboxylic acids is 1. The SMILES string of the molecule is COc1ccc(OC)c(/C=C/C(=O)N2CCC(c3nnc(S(C)(=O)=O)o3)CC2)c1. The number of piperidine rings is 1. The van der Waals surface area contributed by atoms with Gasteiger partial charge in [-0.3, -0.25) is 4.79 Å². The molecule has 3 rings (SSSR count). The van der Waals surface area contributed by atoms with Gasteiger partial charge in [0.15, 0.2) is 0 Å². The zero-order valence-electron chi connectivity index (χ0n) is 16.5. The number of ether oxygens (including phenoxy) is 2. The molecule has 0 unspecified atom stereocenters. The quantitative estimate of drug-likeness (QED) is 0.650. The minimum Gasteiger partial charge on any atom is -0.497 e. The van der Waals surface area contributed by atoms with Crippen LogP contribution in [0.1, 0.15) is 30.2 Å². The molecule has 10 heteroatoms. The molecule has 1 amide bonds. The Morgan fingerprint density at radius 3 is 2.52 bits per heavy atom. The van der Waals surface area contributed by atoms with Gasteiger partial charge in [0.2, 0.25) is 21.6 Å². The molecule has 0 saturated carbocycles. The van der Waals surface area contributed by atoms with Crippen LogP contribution in [0.3, 0.4) is 0 Å². The summed E-state index contributed by atoms with van der Waals surface area (Å²) in [5, 5.41) is 7.07. The highest BCUT2D eigenvalue weighted by Crippen LogP contribution is 2.28. The number of nitrogens with zero attached hydrogens (tertiary/aromatic N) is 3. The fourth-order valence-corrected chi connectivity index (χ4v) is 3.54. The van der Waals surface area contributed by atoms with Crippen LogP contribution in [0, 0.1) is 0 Å². The zero-order valence-corrected chi connectivity index (χ0v) is 17.3. The number of benzene rings is 1. The van der Waals surface area contributed by atoms with Gasteiger partial charge in [-0.15, -0.1) is 5.10 Å². The highest BCUT2D eigenvalue weighted by molar-refractivity contribution is 7.90. The largest absolute Gasteiger partial charge is 0.497 e. The van der Waals surface area contributed by atoms with Crippen molar-refractivity contribution < 1.29 is 27.1 Å². The highest BCUT2D eigenvalue weighted by atomic mass is 32.2. The first kappa shape index (κ1) is 20.8. The number of methoxy groups -OCH3 is 2. The minimum absolute atomic E-state index is 0.0653. The van der Waals surface area contributed by atoms with Gasteiger partial charge in [0.25, 0.3) is 0 Å². The van der Waals surface area contributed by atoms with Crippen molar-refractivity contribution in [1.29, 1.82) is 0 Å². The smallest absolute Gasteiger partial charge is 0.335 e. The van der Waals surface area contributed by atoms with E-state index in [2.05, 4.69) is 10.2 Å². The second-order valence-electron chi connectivity index (χ2n) is 6.72. The second-order valence-corrected chi connectivity index (χ2v) is 8.61. The summed E-state index contributed by atoms with van der Waals surface area (Å²) in [6, 6.07) is 5.36. The summed E-state index contributed by atoms with van der Waals surface area (Å²) in [6.07, 6.45) is 5.47. The molecule has 9 nitrogen and oxygen atoms in total. The van der Waals surface area contributed by atoms with Crippen LogP contribution in [0.2, 0.25) is 0 Å². The monoisotopic (exact) mass is 421 g/mol. The number of likely N-dealkylation sites (tertiary alicyclic amines) is 1. The van der Waals surface area contributed by atoms with E-state index >= 15 is 0 Å². The van der Waals surface area contributed by atoms with Crippen molar-refractivity contribution >= 4 is 21.8 Å². The van der Waals surface area contributed by atoms with Crippen LogP contribution in [-0.4, -0.2) is 63.0 Å². The topological polar surface area (TPSA) is 112 Å². The maximum atomic E-state index is 12.5. The van der Waals surface area contributed by atoms with Crippen LogP contribution in [0.25, 0.3) is 6.08 Å². The first-order valence-electron chi connectivity index (χ1n) is 9.04. The first-order valence-corrected chi connectivity index (χ1v) is 10.9. The number of carbonyl (C=O) groups is 1. The van der Waals surface area contributed by atoms with Crippen LogP contribution in [0.5, 0.6) is 11.5 Å². The van der Waals surface area contributed by atoms with E-state index in [9.17, 15) is 13.2 Å². The van der Waals surface area contributed by atoms with Crippen LogP contribution in [0.15, 0.2) is 33.9 Å². The molecule has 1 aromatic heterocycles. The van der Waals surface area contributed by atoms with E-state index in [1.165, 1.54) is 6.08 Å². The Hall–Kier alpha value is -2.88. The standard InChI is InChI=1S/C19H23N3O6S/c1-26-15-5-6-16(27-2)14(12-15)4-7-17(23)22-10-8-13(9-11-22)18-20-21-19(28-18)29(3,24)25/h4-7,12-13H,8-11H2,1-3H3/b7-4+. The Morgan fingerprint density at radius 2 is 1.93 bits per heavy atom. The lowest BCUT2D eigenvalue weighted by Crippen LogP contribution is -2.36. The number of sulfone groups is 1. The number of amides is 1. The van der Waals surface area contributed by atoms with Crippen molar-refractivity contribution in [3.63, 3.8) is 0 Å². The molecule has 0 bridgehead atoms. The Labute approximate surface area is 169 Å². The number of rotatable bonds is 6. The van der Waals surface area contributed by atoms with Crippen LogP contribution < -0.4 is 9.47 Å². The van der Waals surface area contributed by atoms with E-state index in [1.54, 1.807) is 43.4 Å². The third-order valence-corrected chi connectivity index (χ3v) is 5.54. The molecule has 2 aromatic rings. The van der Waals surface area contributed by atoms with Gasteiger partial charge in [-0.1, -0.05) is 5.10 Å². The van der Waals surface area contributed by atoms with Crippen molar-refractivity contribution in [3.8, 4) is 11.5 Å². The van der Waals surface area contributed by atoms with E-state index in [4.69, 9.17) is 13.9 Å². The third kappa shape index (κ3) is 4.94. The zero-order chi connectivity index (χ0) is 21.0. The Bertz CT molecular complexity index is 1010. The average molecular weight is 421 g/mol. The van der Waals surface area contributed by atoms with Gasteiger partial charge in [-0.05, 0) is 37.1 Å². The summed E-state index contributed by atoms with van der Waals surface area (Å²) in [4.78, 5) is 14.3. The molecule has 0 aliphatic carbocycles. The second kappa shape index (κ2) is 8.64. The maximum Gasteiger partial charge on any atom is 0.335 e. The maximum absolute atomic E-state index is 12.5. The summed E-state index contributed by atoms with van der Waals surface area (Å²) in [6.45, 7) is 1.03. The van der Waals surface area contributed by atoms with Crippen LogP contribution in [0.4, 0.5) is 0 Å². The fraction of sp³-hybridized carbons (Fsp3) is 0.421. The molecule has 156 valence electrons. The molecular formula is C19H23N3O6S. The van der Waals surface area contributed by atoms with Gasteiger partial charge in [0.05, 0.1) is 14.2 Å². The van der Waals surface area contributed by atoms with Crippen molar-refractivity contribution in [1.82, 2.24) is 15.1 Å². The summed E-state index contributed by atoms with van der Waals surface area (Å²) in [5.41, 5.74) is 0.745. The average Bonchev–Trinajstić information content (AvgIpc) is 3.22. The Kier molecular flexibility index (Phi) is 6.21. The van der Waals surface area contributed by atoms with E-state index < -0.39 is 9.84 Å². The lowest BCUT2D eigenvalue weighted by atomic mass is 9.97. The third-order valence-electron chi connectivity index (χ3n) is 4.74. The number of aromatic nitrogens is 2. The number of hydrogen-bond donors (Lipinski definition) is 0. The predicted molar refractivity (Wildman–Crippen MR) is 105 cm³/mol. The van der Waals surface area contributed by atoms with Crippen molar-refractivity contribution in [2.75, 3.05) is 33.6 Å². The summed E-state index contributed by atoms with van der Waals surface area (Å²) < 4.78 is 38.8. The molecule has 1 aromatic carbocycles. The predicted octanol–water partition coefficient (Wildman–Crippen LogP) is 1.91. The molecule has 0 atom stereocenters. The van der Waals surface area contributed by atoms with Gasteiger partial charge in [-0.25, -0.2) is 8.42 Å². The van der Waals surface area contributed by atoms with Gasteiger partial charge < -0.3 is 18.8 Å². The normalized spacial score (nSPS) is 15.6. The van der Waals surface area contributed by atoms with Gasteiger partial charge >= 0.3 is 5.22 Å². The summed E-state index contributed by atoms with van der Waals surface area (Å²) >= 11 is 0. The summed E-state index contributed by atoms with van der Waals surface area (Å²) in [5.74, 6) is 1.44. The van der Waals surface area contributed by atoms with Crippen molar-refractivity contribution in [3.05, 3.63) is 35.7 Å². The van der Waals surface area contributed by atoms with Crippen molar-refractivity contribution in [2.45, 2.75) is 24.0 Å². The molecule has 2 heterocycles. The van der Waals surface area contributed by atoms with E-state index in [1.807, 2.05) is 0 Å². The summed E-state index contributed by atoms with van der Waals surface area (Å²) in [7, 11) is -0.378. The highest BCUT2D eigenvalue weighted by Gasteiger charge is 2.28.